The van der Waals surface area contributed by atoms with Crippen LogP contribution in [0, 0.1) is 18.3 Å². The third-order valence-corrected chi connectivity index (χ3v) is 3.97. The average Bonchev–Trinajstić information content (AvgIpc) is 2.69. The van der Waals surface area contributed by atoms with Crippen LogP contribution in [0.3, 0.4) is 0 Å². The van der Waals surface area contributed by atoms with E-state index in [0.29, 0.717) is 18.5 Å². The number of hydrogen-bond acceptors (Lipinski definition) is 3. The number of amides is 1. The van der Waals surface area contributed by atoms with Gasteiger partial charge in [0.1, 0.15) is 11.1 Å². The van der Waals surface area contributed by atoms with Gasteiger partial charge in [-0.25, -0.2) is 0 Å². The van der Waals surface area contributed by atoms with E-state index in [4.69, 9.17) is 5.26 Å². The Morgan fingerprint density at radius 1 is 1.73 bits per heavy atom. The van der Waals surface area contributed by atoms with Crippen LogP contribution in [0.15, 0.2) is 6.07 Å². The lowest BCUT2D eigenvalue weighted by molar-refractivity contribution is -0.116. The monoisotopic (exact) mass is 284 g/mol. The van der Waals surface area contributed by atoms with Gasteiger partial charge in [-0.3, -0.25) is 4.79 Å². The Hall–Kier alpha value is -0.860. The van der Waals surface area contributed by atoms with Crippen LogP contribution < -0.4 is 4.90 Å². The molecule has 1 aliphatic heterocycles. The molecule has 0 radical (unpaired) electrons. The van der Waals surface area contributed by atoms with Gasteiger partial charge in [0.15, 0.2) is 0 Å². The number of alkyl halides is 1. The van der Waals surface area contributed by atoms with Crippen LogP contribution in [-0.2, 0) is 4.79 Å². The van der Waals surface area contributed by atoms with Crippen molar-refractivity contribution < 1.29 is 4.79 Å². The van der Waals surface area contributed by atoms with E-state index in [2.05, 4.69) is 22.0 Å². The molecule has 2 heterocycles. The first-order valence-corrected chi connectivity index (χ1v) is 6.30. The normalized spacial score (nSPS) is 20.7. The van der Waals surface area contributed by atoms with Crippen molar-refractivity contribution in [2.45, 2.75) is 18.2 Å². The zero-order chi connectivity index (χ0) is 11.0. The number of hydrogen-bond donors (Lipinski definition) is 0. The molecule has 0 spiro atoms. The Bertz CT molecular complexity index is 449. The SMILES string of the molecule is Cc1cc(C#N)c(N2CC(Br)CC2=O)s1. The van der Waals surface area contributed by atoms with E-state index in [-0.39, 0.29) is 10.7 Å². The molecule has 5 heteroatoms. The fraction of sp³-hybridized carbons (Fsp3) is 0.400. The lowest BCUT2D eigenvalue weighted by atomic mass is 10.3. The summed E-state index contributed by atoms with van der Waals surface area (Å²) < 4.78 is 0. The molecule has 0 aromatic carbocycles. The molecule has 78 valence electrons. The van der Waals surface area contributed by atoms with Gasteiger partial charge >= 0.3 is 0 Å². The molecular formula is C10H9BrN2OS. The standard InChI is InChI=1S/C10H9BrN2OS/c1-6-2-7(4-12)10(15-6)13-5-8(11)3-9(13)14/h2,8H,3,5H2,1H3. The lowest BCUT2D eigenvalue weighted by Gasteiger charge is -2.13. The van der Waals surface area contributed by atoms with E-state index < -0.39 is 0 Å². The third kappa shape index (κ3) is 1.92. The minimum absolute atomic E-state index is 0.0928. The Labute approximate surface area is 100 Å². The fourth-order valence-electron chi connectivity index (χ4n) is 1.64. The summed E-state index contributed by atoms with van der Waals surface area (Å²) in [7, 11) is 0. The number of carbonyl (C=O) groups is 1. The molecule has 0 N–H and O–H groups in total. The largest absolute Gasteiger partial charge is 0.302 e. The first-order valence-electron chi connectivity index (χ1n) is 4.57. The van der Waals surface area contributed by atoms with E-state index >= 15 is 0 Å². The highest BCUT2D eigenvalue weighted by molar-refractivity contribution is 9.09. The number of anilines is 1. The quantitative estimate of drug-likeness (QED) is 0.744. The van der Waals surface area contributed by atoms with Crippen molar-refractivity contribution in [2.75, 3.05) is 11.4 Å². The van der Waals surface area contributed by atoms with E-state index in [9.17, 15) is 4.79 Å². The molecule has 1 saturated heterocycles. The molecule has 1 aromatic rings. The van der Waals surface area contributed by atoms with E-state index in [0.717, 1.165) is 9.88 Å². The van der Waals surface area contributed by atoms with Gasteiger partial charge in [0.05, 0.1) is 5.56 Å². The summed E-state index contributed by atoms with van der Waals surface area (Å²) in [5, 5.41) is 9.74. The van der Waals surface area contributed by atoms with Gasteiger partial charge in [-0.15, -0.1) is 11.3 Å². The number of nitrogens with zero attached hydrogens (tertiary/aromatic N) is 2. The van der Waals surface area contributed by atoms with Gasteiger partial charge in [-0.2, -0.15) is 5.26 Å². The molecular weight excluding hydrogens is 276 g/mol. The maximum Gasteiger partial charge on any atom is 0.228 e. The second kappa shape index (κ2) is 3.95. The maximum atomic E-state index is 11.7. The summed E-state index contributed by atoms with van der Waals surface area (Å²) in [6.45, 7) is 2.61. The fourth-order valence-corrected chi connectivity index (χ4v) is 3.19. The van der Waals surface area contributed by atoms with Gasteiger partial charge in [0, 0.05) is 22.7 Å². The number of halogens is 1. The summed E-state index contributed by atoms with van der Waals surface area (Å²) in [5.74, 6) is 0.0928. The zero-order valence-electron chi connectivity index (χ0n) is 8.16. The Morgan fingerprint density at radius 2 is 2.47 bits per heavy atom. The first-order chi connectivity index (χ1) is 7.11. The van der Waals surface area contributed by atoms with Crippen molar-refractivity contribution >= 4 is 38.2 Å². The Kier molecular flexibility index (Phi) is 2.81. The minimum Gasteiger partial charge on any atom is -0.302 e. The van der Waals surface area contributed by atoms with E-state index in [1.54, 1.807) is 4.90 Å². The minimum atomic E-state index is 0.0928. The average molecular weight is 285 g/mol. The second-order valence-electron chi connectivity index (χ2n) is 3.49. The van der Waals surface area contributed by atoms with Gasteiger partial charge < -0.3 is 4.90 Å². The van der Waals surface area contributed by atoms with Gasteiger partial charge in [0.2, 0.25) is 5.91 Å². The van der Waals surface area contributed by atoms with Crippen LogP contribution in [0.1, 0.15) is 16.9 Å². The highest BCUT2D eigenvalue weighted by atomic mass is 79.9. The van der Waals surface area contributed by atoms with Crippen LogP contribution in [0.4, 0.5) is 5.00 Å². The van der Waals surface area contributed by atoms with Crippen LogP contribution in [0.25, 0.3) is 0 Å². The van der Waals surface area contributed by atoms with Gasteiger partial charge in [-0.05, 0) is 13.0 Å². The number of aryl methyl sites for hydroxylation is 1. The molecule has 2 rings (SSSR count). The zero-order valence-corrected chi connectivity index (χ0v) is 10.6. The van der Waals surface area contributed by atoms with E-state index in [1.165, 1.54) is 11.3 Å². The van der Waals surface area contributed by atoms with Crippen molar-refractivity contribution in [1.82, 2.24) is 0 Å². The van der Waals surface area contributed by atoms with Crippen molar-refractivity contribution in [3.05, 3.63) is 16.5 Å². The smallest absolute Gasteiger partial charge is 0.228 e. The van der Waals surface area contributed by atoms with Crippen molar-refractivity contribution in [3.8, 4) is 6.07 Å². The summed E-state index contributed by atoms with van der Waals surface area (Å²) >= 11 is 4.93. The highest BCUT2D eigenvalue weighted by Crippen LogP contribution is 2.34. The van der Waals surface area contributed by atoms with Crippen LogP contribution in [-0.4, -0.2) is 17.3 Å². The predicted octanol–water partition coefficient (Wildman–Crippen LogP) is 2.43. The Balaban J connectivity index is 2.38. The van der Waals surface area contributed by atoms with Crippen molar-refractivity contribution in [2.24, 2.45) is 0 Å². The molecule has 1 fully saturated rings. The Morgan fingerprint density at radius 3 is 3.00 bits per heavy atom. The van der Waals surface area contributed by atoms with Gasteiger partial charge in [0.25, 0.3) is 0 Å². The summed E-state index contributed by atoms with van der Waals surface area (Å²) in [5.41, 5.74) is 0.604. The van der Waals surface area contributed by atoms with Crippen molar-refractivity contribution in [3.63, 3.8) is 0 Å². The summed E-state index contributed by atoms with van der Waals surface area (Å²) in [6.07, 6.45) is 0.516. The highest BCUT2D eigenvalue weighted by Gasteiger charge is 2.31. The van der Waals surface area contributed by atoms with Gasteiger partial charge in [-0.1, -0.05) is 15.9 Å². The van der Waals surface area contributed by atoms with Crippen LogP contribution >= 0.6 is 27.3 Å². The van der Waals surface area contributed by atoms with E-state index in [1.807, 2.05) is 13.0 Å². The maximum absolute atomic E-state index is 11.7. The number of thiophene rings is 1. The van der Waals surface area contributed by atoms with Crippen LogP contribution in [0.2, 0.25) is 0 Å². The number of nitriles is 1. The molecule has 3 nitrogen and oxygen atoms in total. The molecule has 1 amide bonds. The molecule has 0 saturated carbocycles. The molecule has 15 heavy (non-hydrogen) atoms. The molecule has 1 aromatic heterocycles. The third-order valence-electron chi connectivity index (χ3n) is 2.28. The summed E-state index contributed by atoms with van der Waals surface area (Å²) in [6, 6.07) is 3.96. The topological polar surface area (TPSA) is 44.1 Å². The lowest BCUT2D eigenvalue weighted by Crippen LogP contribution is -2.24. The second-order valence-corrected chi connectivity index (χ2v) is 6.02. The number of rotatable bonds is 1. The number of carbonyl (C=O) groups excluding carboxylic acids is 1. The first kappa shape index (κ1) is 10.7. The van der Waals surface area contributed by atoms with Crippen molar-refractivity contribution in [1.29, 1.82) is 5.26 Å². The molecule has 1 atom stereocenters. The van der Waals surface area contributed by atoms with Crippen LogP contribution in [0.5, 0.6) is 0 Å². The predicted molar refractivity (Wildman–Crippen MR) is 63.5 cm³/mol. The molecule has 0 aliphatic carbocycles. The molecule has 1 unspecified atom stereocenters. The summed E-state index contributed by atoms with van der Waals surface area (Å²) in [4.78, 5) is 14.6. The molecule has 1 aliphatic rings. The molecule has 0 bridgehead atoms.